The summed E-state index contributed by atoms with van der Waals surface area (Å²) in [5.74, 6) is -0.957. The second kappa shape index (κ2) is 65.5. The van der Waals surface area contributed by atoms with Crippen molar-refractivity contribution < 1.29 is 28.6 Å². The first-order valence-corrected chi connectivity index (χ1v) is 32.0. The molecule has 0 saturated carbocycles. The number of ether oxygens (including phenoxy) is 3. The number of rotatable bonds is 56. The van der Waals surface area contributed by atoms with Crippen molar-refractivity contribution >= 4 is 17.9 Å². The summed E-state index contributed by atoms with van der Waals surface area (Å²) >= 11 is 0. The minimum Gasteiger partial charge on any atom is -0.462 e. The molecule has 0 radical (unpaired) electrons. The van der Waals surface area contributed by atoms with Gasteiger partial charge in [0.1, 0.15) is 13.2 Å². The molecule has 1 atom stereocenters. The van der Waals surface area contributed by atoms with Crippen LogP contribution in [-0.4, -0.2) is 37.2 Å². The van der Waals surface area contributed by atoms with Gasteiger partial charge in [0.2, 0.25) is 0 Å². The van der Waals surface area contributed by atoms with Gasteiger partial charge in [-0.3, -0.25) is 14.4 Å². The van der Waals surface area contributed by atoms with Gasteiger partial charge in [0.15, 0.2) is 6.10 Å². The lowest BCUT2D eigenvalue weighted by molar-refractivity contribution is -0.167. The highest BCUT2D eigenvalue weighted by atomic mass is 16.6. The van der Waals surface area contributed by atoms with E-state index >= 15 is 0 Å². The maximum Gasteiger partial charge on any atom is 0.306 e. The Morgan fingerprint density at radius 3 is 0.722 bits per heavy atom. The summed E-state index contributed by atoms with van der Waals surface area (Å²) in [6, 6.07) is 0. The summed E-state index contributed by atoms with van der Waals surface area (Å²) in [4.78, 5) is 38.4. The van der Waals surface area contributed by atoms with Crippen molar-refractivity contribution in [3.8, 4) is 0 Å². The van der Waals surface area contributed by atoms with Crippen LogP contribution in [-0.2, 0) is 28.6 Å². The second-order valence-electron chi connectivity index (χ2n) is 20.5. The van der Waals surface area contributed by atoms with E-state index < -0.39 is 6.10 Å². The van der Waals surface area contributed by atoms with Crippen molar-refractivity contribution in [2.45, 2.75) is 271 Å². The largest absolute Gasteiger partial charge is 0.462 e. The van der Waals surface area contributed by atoms with E-state index in [1.54, 1.807) is 0 Å². The molecular formula is C73H116O6. The molecule has 0 spiro atoms. The molecule has 444 valence electrons. The average Bonchev–Trinajstić information content (AvgIpc) is 3.45. The maximum absolute atomic E-state index is 12.9. The lowest BCUT2D eigenvalue weighted by atomic mass is 10.1. The van der Waals surface area contributed by atoms with Gasteiger partial charge in [-0.1, -0.05) is 262 Å². The van der Waals surface area contributed by atoms with Crippen LogP contribution in [0.15, 0.2) is 158 Å². The first-order valence-electron chi connectivity index (χ1n) is 32.0. The van der Waals surface area contributed by atoms with Crippen molar-refractivity contribution in [3.05, 3.63) is 158 Å². The smallest absolute Gasteiger partial charge is 0.306 e. The number of hydrogen-bond acceptors (Lipinski definition) is 6. The summed E-state index contributed by atoms with van der Waals surface area (Å²) in [6.45, 7) is 6.26. The van der Waals surface area contributed by atoms with Crippen LogP contribution >= 0.6 is 0 Å². The SMILES string of the molecule is CC/C=C\C/C=C\C/C=C\C/C=C\C/C=C\CCCCCC(=O)OC(COC(=O)CCCCCCCC/C=C\C/C=C\C/C=C\C/C=C\CC)COC(=O)CCCCCCCCCCCC/C=C\C/C=C\C/C=C\C/C=C\CC. The summed E-state index contributed by atoms with van der Waals surface area (Å²) < 4.78 is 16.9. The average molecular weight is 1090 g/mol. The summed E-state index contributed by atoms with van der Waals surface area (Å²) in [5, 5.41) is 0. The first-order chi connectivity index (χ1) is 39.0. The number of hydrogen-bond donors (Lipinski definition) is 0. The predicted molar refractivity (Wildman–Crippen MR) is 343 cm³/mol. The molecule has 6 heteroatoms. The van der Waals surface area contributed by atoms with Gasteiger partial charge in [0, 0.05) is 19.3 Å². The topological polar surface area (TPSA) is 78.9 Å². The molecule has 0 aromatic rings. The zero-order valence-electron chi connectivity index (χ0n) is 50.8. The number of carbonyl (C=O) groups excluding carboxylic acids is 3. The Morgan fingerprint density at radius 1 is 0.253 bits per heavy atom. The fourth-order valence-electron chi connectivity index (χ4n) is 8.33. The van der Waals surface area contributed by atoms with Crippen LogP contribution in [0.1, 0.15) is 265 Å². The second-order valence-corrected chi connectivity index (χ2v) is 20.5. The van der Waals surface area contributed by atoms with Crippen molar-refractivity contribution in [1.29, 1.82) is 0 Å². The van der Waals surface area contributed by atoms with Gasteiger partial charge in [-0.2, -0.15) is 0 Å². The summed E-state index contributed by atoms with van der Waals surface area (Å²) in [6.07, 6.45) is 95.2. The van der Waals surface area contributed by atoms with E-state index in [9.17, 15) is 14.4 Å². The van der Waals surface area contributed by atoms with Crippen molar-refractivity contribution in [2.24, 2.45) is 0 Å². The van der Waals surface area contributed by atoms with Gasteiger partial charge in [0.25, 0.3) is 0 Å². The molecule has 0 aliphatic carbocycles. The fraction of sp³-hybridized carbons (Fsp3) is 0.603. The number of carbonyl (C=O) groups is 3. The third kappa shape index (κ3) is 63.7. The molecule has 0 aromatic carbocycles. The third-order valence-electron chi connectivity index (χ3n) is 13.0. The monoisotopic (exact) mass is 1090 g/mol. The molecule has 0 rings (SSSR count). The van der Waals surface area contributed by atoms with Crippen LogP contribution in [0.4, 0.5) is 0 Å². The Morgan fingerprint density at radius 2 is 0.456 bits per heavy atom. The van der Waals surface area contributed by atoms with Crippen molar-refractivity contribution in [3.63, 3.8) is 0 Å². The van der Waals surface area contributed by atoms with E-state index in [4.69, 9.17) is 14.2 Å². The van der Waals surface area contributed by atoms with E-state index in [0.717, 1.165) is 154 Å². The van der Waals surface area contributed by atoms with Crippen LogP contribution in [0.5, 0.6) is 0 Å². The van der Waals surface area contributed by atoms with Crippen LogP contribution in [0, 0.1) is 0 Å². The Bertz CT molecular complexity index is 1780. The van der Waals surface area contributed by atoms with Crippen LogP contribution in [0.3, 0.4) is 0 Å². The predicted octanol–water partition coefficient (Wildman–Crippen LogP) is 22.1. The molecule has 0 bridgehead atoms. The summed E-state index contributed by atoms with van der Waals surface area (Å²) in [7, 11) is 0. The minimum absolute atomic E-state index is 0.105. The van der Waals surface area contributed by atoms with E-state index in [1.807, 2.05) is 0 Å². The van der Waals surface area contributed by atoms with Gasteiger partial charge in [-0.15, -0.1) is 0 Å². The standard InChI is InChI=1S/C73H116O6/c1-4-7-10-13-16-19-22-25-28-31-34-35-36-37-40-42-45-48-51-54-57-60-63-66-72(75)78-69-70(79-73(76)67-64-61-58-55-52-49-46-43-39-33-30-27-24-21-18-15-12-9-6-3)68-77-71(74)65-62-59-56-53-50-47-44-41-38-32-29-26-23-20-17-14-11-8-5-2/h7-12,16-21,25-30,34-35,38-39,41,43,49,52,70H,4-6,13-15,22-24,31-33,36-37,40,42,44-48,50-51,53-69H2,1-3H3/b10-7-,11-8-,12-9-,19-16-,20-17-,21-18-,28-25-,29-26-,30-27-,35-34-,41-38-,43-39-,52-49-. The molecule has 1 unspecified atom stereocenters. The Balaban J connectivity index is 4.49. The maximum atomic E-state index is 12.9. The van der Waals surface area contributed by atoms with E-state index in [-0.39, 0.29) is 37.5 Å². The molecule has 0 fully saturated rings. The molecule has 0 heterocycles. The van der Waals surface area contributed by atoms with Gasteiger partial charge in [0.05, 0.1) is 0 Å². The van der Waals surface area contributed by atoms with Crippen LogP contribution < -0.4 is 0 Å². The Kier molecular flexibility index (Phi) is 61.4. The van der Waals surface area contributed by atoms with Gasteiger partial charge >= 0.3 is 17.9 Å². The highest BCUT2D eigenvalue weighted by Gasteiger charge is 2.19. The third-order valence-corrected chi connectivity index (χ3v) is 13.0. The fourth-order valence-corrected chi connectivity index (χ4v) is 8.33. The number of unbranched alkanes of at least 4 members (excludes halogenated alkanes) is 19. The molecule has 0 amide bonds. The highest BCUT2D eigenvalue weighted by Crippen LogP contribution is 2.15. The Labute approximate surface area is 486 Å². The zero-order chi connectivity index (χ0) is 57.1. The minimum atomic E-state index is -0.813. The van der Waals surface area contributed by atoms with E-state index in [1.165, 1.54) is 64.2 Å². The van der Waals surface area contributed by atoms with E-state index in [2.05, 4.69) is 179 Å². The molecule has 0 aliphatic rings. The van der Waals surface area contributed by atoms with Crippen molar-refractivity contribution in [1.82, 2.24) is 0 Å². The highest BCUT2D eigenvalue weighted by molar-refractivity contribution is 5.71. The first kappa shape index (κ1) is 74.0. The lowest BCUT2D eigenvalue weighted by Crippen LogP contribution is -2.30. The van der Waals surface area contributed by atoms with Crippen molar-refractivity contribution in [2.75, 3.05) is 13.2 Å². The molecule has 79 heavy (non-hydrogen) atoms. The number of esters is 3. The van der Waals surface area contributed by atoms with Gasteiger partial charge < -0.3 is 14.2 Å². The van der Waals surface area contributed by atoms with Crippen LogP contribution in [0.25, 0.3) is 0 Å². The zero-order valence-corrected chi connectivity index (χ0v) is 50.8. The quantitative estimate of drug-likeness (QED) is 0.0261. The van der Waals surface area contributed by atoms with Gasteiger partial charge in [-0.25, -0.2) is 0 Å². The number of allylic oxidation sites excluding steroid dienone is 26. The Hall–Kier alpha value is -4.97. The molecule has 0 aromatic heterocycles. The normalized spacial score (nSPS) is 13.2. The van der Waals surface area contributed by atoms with E-state index in [0.29, 0.717) is 19.3 Å². The van der Waals surface area contributed by atoms with Crippen LogP contribution in [0.2, 0.25) is 0 Å². The molecule has 6 nitrogen and oxygen atoms in total. The molecule has 0 saturated heterocycles. The molecule has 0 N–H and O–H groups in total. The van der Waals surface area contributed by atoms with Gasteiger partial charge in [-0.05, 0) is 141 Å². The lowest BCUT2D eigenvalue weighted by Gasteiger charge is -2.18. The summed E-state index contributed by atoms with van der Waals surface area (Å²) in [5.41, 5.74) is 0. The molecular weight excluding hydrogens is 973 g/mol. The molecule has 0 aliphatic heterocycles.